The molecule has 1 fully saturated rings. The SMILES string of the molecule is CCCCC[C@H](c1ccc(OC)cc1O)N1CCNCC1.Cl.Cl. The molecule has 0 amide bonds. The lowest BCUT2D eigenvalue weighted by atomic mass is 9.97. The Hall–Kier alpha value is -0.680. The van der Waals surface area contributed by atoms with Crippen molar-refractivity contribution in [1.82, 2.24) is 10.2 Å². The number of nitrogens with one attached hydrogen (secondary N) is 1. The molecule has 0 aromatic heterocycles. The van der Waals surface area contributed by atoms with E-state index in [1.807, 2.05) is 12.1 Å². The van der Waals surface area contributed by atoms with E-state index in [1.165, 1.54) is 19.3 Å². The first-order valence-corrected chi connectivity index (χ1v) is 8.08. The van der Waals surface area contributed by atoms with E-state index in [0.717, 1.165) is 38.2 Å². The van der Waals surface area contributed by atoms with E-state index in [4.69, 9.17) is 4.74 Å². The van der Waals surface area contributed by atoms with E-state index in [9.17, 15) is 5.11 Å². The van der Waals surface area contributed by atoms with Crippen molar-refractivity contribution in [3.05, 3.63) is 23.8 Å². The third-order valence-corrected chi connectivity index (χ3v) is 4.27. The predicted octanol–water partition coefficient (Wildman–Crippen LogP) is 3.77. The fraction of sp³-hybridized carbons (Fsp3) is 0.647. The van der Waals surface area contributed by atoms with Gasteiger partial charge in [0.1, 0.15) is 11.5 Å². The number of ether oxygens (including phenoxy) is 1. The van der Waals surface area contributed by atoms with Gasteiger partial charge in [-0.25, -0.2) is 0 Å². The summed E-state index contributed by atoms with van der Waals surface area (Å²) < 4.78 is 5.19. The van der Waals surface area contributed by atoms with E-state index in [0.29, 0.717) is 17.5 Å². The van der Waals surface area contributed by atoms with Crippen LogP contribution >= 0.6 is 24.8 Å². The normalized spacial score (nSPS) is 16.1. The second-order valence-electron chi connectivity index (χ2n) is 5.72. The number of aromatic hydroxyl groups is 1. The minimum Gasteiger partial charge on any atom is -0.507 e. The van der Waals surface area contributed by atoms with Gasteiger partial charge < -0.3 is 15.2 Å². The lowest BCUT2D eigenvalue weighted by Gasteiger charge is -2.35. The van der Waals surface area contributed by atoms with Crippen LogP contribution in [0.2, 0.25) is 0 Å². The van der Waals surface area contributed by atoms with Gasteiger partial charge in [-0.2, -0.15) is 0 Å². The monoisotopic (exact) mass is 364 g/mol. The summed E-state index contributed by atoms with van der Waals surface area (Å²) in [6.45, 7) is 6.37. The van der Waals surface area contributed by atoms with E-state index in [1.54, 1.807) is 13.2 Å². The smallest absolute Gasteiger partial charge is 0.124 e. The highest BCUT2D eigenvalue weighted by Crippen LogP contribution is 2.35. The molecular formula is C17H30Cl2N2O2. The van der Waals surface area contributed by atoms with Gasteiger partial charge in [0.15, 0.2) is 0 Å². The lowest BCUT2D eigenvalue weighted by molar-refractivity contribution is 0.160. The molecule has 1 aliphatic rings. The average molecular weight is 365 g/mol. The zero-order valence-electron chi connectivity index (χ0n) is 14.1. The third kappa shape index (κ3) is 6.38. The van der Waals surface area contributed by atoms with Crippen LogP contribution in [-0.2, 0) is 0 Å². The van der Waals surface area contributed by atoms with Crippen LogP contribution in [0.25, 0.3) is 0 Å². The Morgan fingerprint density at radius 3 is 2.48 bits per heavy atom. The zero-order chi connectivity index (χ0) is 15.1. The highest BCUT2D eigenvalue weighted by molar-refractivity contribution is 5.85. The maximum Gasteiger partial charge on any atom is 0.124 e. The van der Waals surface area contributed by atoms with Crippen molar-refractivity contribution in [3.8, 4) is 11.5 Å². The Kier molecular flexibility index (Phi) is 11.4. The Labute approximate surface area is 152 Å². The molecule has 1 saturated heterocycles. The number of phenolic OH excluding ortho intramolecular Hbond substituents is 1. The predicted molar refractivity (Wildman–Crippen MR) is 100 cm³/mol. The lowest BCUT2D eigenvalue weighted by Crippen LogP contribution is -2.45. The third-order valence-electron chi connectivity index (χ3n) is 4.27. The molecule has 2 rings (SSSR count). The summed E-state index contributed by atoms with van der Waals surface area (Å²) in [6, 6.07) is 6.01. The van der Waals surface area contributed by atoms with E-state index < -0.39 is 0 Å². The molecule has 1 heterocycles. The number of halogens is 2. The summed E-state index contributed by atoms with van der Waals surface area (Å²) in [6.07, 6.45) is 4.78. The van der Waals surface area contributed by atoms with Crippen LogP contribution < -0.4 is 10.1 Å². The molecule has 1 aromatic rings. The fourth-order valence-corrected chi connectivity index (χ4v) is 3.05. The van der Waals surface area contributed by atoms with Gasteiger partial charge in [-0.05, 0) is 12.5 Å². The molecule has 23 heavy (non-hydrogen) atoms. The van der Waals surface area contributed by atoms with Gasteiger partial charge in [0.2, 0.25) is 0 Å². The van der Waals surface area contributed by atoms with Crippen molar-refractivity contribution in [2.45, 2.75) is 38.6 Å². The maximum absolute atomic E-state index is 10.4. The molecule has 134 valence electrons. The summed E-state index contributed by atoms with van der Waals surface area (Å²) >= 11 is 0. The Morgan fingerprint density at radius 2 is 1.91 bits per heavy atom. The number of phenols is 1. The molecule has 4 nitrogen and oxygen atoms in total. The first-order valence-electron chi connectivity index (χ1n) is 8.08. The molecule has 1 aliphatic heterocycles. The highest BCUT2D eigenvalue weighted by Gasteiger charge is 2.24. The number of methoxy groups -OCH3 is 1. The van der Waals surface area contributed by atoms with E-state index >= 15 is 0 Å². The molecule has 0 spiro atoms. The number of unbranched alkanes of at least 4 members (excludes halogenated alkanes) is 2. The highest BCUT2D eigenvalue weighted by atomic mass is 35.5. The minimum atomic E-state index is 0. The summed E-state index contributed by atoms with van der Waals surface area (Å²) in [5.41, 5.74) is 1.04. The largest absolute Gasteiger partial charge is 0.507 e. The number of rotatable bonds is 7. The van der Waals surface area contributed by atoms with Gasteiger partial charge in [0, 0.05) is 43.9 Å². The van der Waals surface area contributed by atoms with E-state index in [-0.39, 0.29) is 24.8 Å². The van der Waals surface area contributed by atoms with Crippen molar-refractivity contribution in [2.24, 2.45) is 0 Å². The van der Waals surface area contributed by atoms with Gasteiger partial charge in [-0.3, -0.25) is 4.90 Å². The van der Waals surface area contributed by atoms with Crippen molar-refractivity contribution in [3.63, 3.8) is 0 Å². The quantitative estimate of drug-likeness (QED) is 0.722. The standard InChI is InChI=1S/C17H28N2O2.2ClH/c1-3-4-5-6-16(19-11-9-18-10-12-19)15-8-7-14(21-2)13-17(15)20;;/h7-8,13,16,18,20H,3-6,9-12H2,1-2H3;2*1H/t16-;;/m1../s1. The zero-order valence-corrected chi connectivity index (χ0v) is 15.7. The number of nitrogens with zero attached hydrogens (tertiary/aromatic N) is 1. The molecule has 0 saturated carbocycles. The Bertz CT molecular complexity index is 441. The molecule has 0 bridgehead atoms. The molecule has 1 aromatic carbocycles. The fourth-order valence-electron chi connectivity index (χ4n) is 3.05. The molecular weight excluding hydrogens is 335 g/mol. The molecule has 0 aliphatic carbocycles. The van der Waals surface area contributed by atoms with Crippen molar-refractivity contribution < 1.29 is 9.84 Å². The molecule has 6 heteroatoms. The van der Waals surface area contributed by atoms with Crippen molar-refractivity contribution in [1.29, 1.82) is 0 Å². The Balaban J connectivity index is 0.00000242. The topological polar surface area (TPSA) is 44.7 Å². The van der Waals surface area contributed by atoms with Crippen LogP contribution in [0.15, 0.2) is 18.2 Å². The summed E-state index contributed by atoms with van der Waals surface area (Å²) in [5.74, 6) is 1.07. The number of benzene rings is 1. The number of hydrogen-bond acceptors (Lipinski definition) is 4. The average Bonchev–Trinajstić information content (AvgIpc) is 2.53. The van der Waals surface area contributed by atoms with Gasteiger partial charge in [0.05, 0.1) is 7.11 Å². The van der Waals surface area contributed by atoms with Gasteiger partial charge in [-0.1, -0.05) is 32.3 Å². The van der Waals surface area contributed by atoms with Crippen molar-refractivity contribution in [2.75, 3.05) is 33.3 Å². The Morgan fingerprint density at radius 1 is 1.22 bits per heavy atom. The van der Waals surface area contributed by atoms with Crippen LogP contribution in [0.5, 0.6) is 11.5 Å². The second kappa shape index (κ2) is 11.8. The van der Waals surface area contributed by atoms with Crippen LogP contribution in [0.3, 0.4) is 0 Å². The number of piperazine rings is 1. The van der Waals surface area contributed by atoms with E-state index in [2.05, 4.69) is 17.1 Å². The minimum absolute atomic E-state index is 0. The summed E-state index contributed by atoms with van der Waals surface area (Å²) in [7, 11) is 1.63. The number of hydrogen-bond donors (Lipinski definition) is 2. The van der Waals surface area contributed by atoms with Crippen LogP contribution in [0, 0.1) is 0 Å². The molecule has 2 N–H and O–H groups in total. The van der Waals surface area contributed by atoms with Gasteiger partial charge in [-0.15, -0.1) is 24.8 Å². The van der Waals surface area contributed by atoms with Gasteiger partial charge in [0.25, 0.3) is 0 Å². The van der Waals surface area contributed by atoms with Crippen LogP contribution in [0.1, 0.15) is 44.2 Å². The summed E-state index contributed by atoms with van der Waals surface area (Å²) in [4.78, 5) is 2.49. The molecule has 1 atom stereocenters. The molecule has 0 unspecified atom stereocenters. The maximum atomic E-state index is 10.4. The van der Waals surface area contributed by atoms with Crippen LogP contribution in [0.4, 0.5) is 0 Å². The van der Waals surface area contributed by atoms with Crippen molar-refractivity contribution >= 4 is 24.8 Å². The first-order chi connectivity index (χ1) is 10.3. The first kappa shape index (κ1) is 22.3. The van der Waals surface area contributed by atoms with Gasteiger partial charge >= 0.3 is 0 Å². The molecule has 0 radical (unpaired) electrons. The second-order valence-corrected chi connectivity index (χ2v) is 5.72. The van der Waals surface area contributed by atoms with Crippen LogP contribution in [-0.4, -0.2) is 43.3 Å². The summed E-state index contributed by atoms with van der Waals surface area (Å²) in [5, 5.41) is 13.8.